The molecular weight excluding hydrogens is 198 g/mol. The van der Waals surface area contributed by atoms with Crippen molar-refractivity contribution in [2.75, 3.05) is 14.2 Å². The number of nitrogens with one attached hydrogen (secondary N) is 1. The molecule has 0 heterocycles. The van der Waals surface area contributed by atoms with Crippen LogP contribution in [-0.4, -0.2) is 14.2 Å². The molecule has 1 rings (SSSR count). The Morgan fingerprint density at radius 3 is 2.64 bits per heavy atom. The van der Waals surface area contributed by atoms with Crippen LogP contribution >= 0.6 is 11.6 Å². The first kappa shape index (κ1) is 11.3. The van der Waals surface area contributed by atoms with Crippen molar-refractivity contribution in [2.24, 2.45) is 0 Å². The lowest BCUT2D eigenvalue weighted by Crippen LogP contribution is -2.07. The van der Waals surface area contributed by atoms with E-state index in [2.05, 4.69) is 18.3 Å². The standard InChI is InChI=1S/C11H16ClNO/c1-4-8-5-9(7-13-2)11(14-3)10(12)6-8/h5-6,13H,4,7H2,1-3H3. The Bertz CT molecular complexity index is 312. The van der Waals surface area contributed by atoms with Crippen molar-refractivity contribution in [2.45, 2.75) is 19.9 Å². The Hall–Kier alpha value is -0.730. The van der Waals surface area contributed by atoms with E-state index in [1.54, 1.807) is 7.11 Å². The Labute approximate surface area is 90.2 Å². The van der Waals surface area contributed by atoms with E-state index < -0.39 is 0 Å². The van der Waals surface area contributed by atoms with Crippen LogP contribution < -0.4 is 10.1 Å². The SMILES string of the molecule is CCc1cc(Cl)c(OC)c(CNC)c1. The lowest BCUT2D eigenvalue weighted by atomic mass is 10.1. The Balaban J connectivity index is 3.13. The fourth-order valence-corrected chi connectivity index (χ4v) is 1.81. The first-order valence-electron chi connectivity index (χ1n) is 4.72. The molecule has 0 aliphatic carbocycles. The van der Waals surface area contributed by atoms with Crippen molar-refractivity contribution < 1.29 is 4.74 Å². The van der Waals surface area contributed by atoms with Gasteiger partial charge in [0.25, 0.3) is 0 Å². The molecule has 0 aliphatic rings. The summed E-state index contributed by atoms with van der Waals surface area (Å²) in [6, 6.07) is 4.08. The third-order valence-electron chi connectivity index (χ3n) is 2.16. The average molecular weight is 214 g/mol. The number of halogens is 1. The topological polar surface area (TPSA) is 21.3 Å². The third-order valence-corrected chi connectivity index (χ3v) is 2.44. The van der Waals surface area contributed by atoms with E-state index in [1.807, 2.05) is 13.1 Å². The largest absolute Gasteiger partial charge is 0.495 e. The van der Waals surface area contributed by atoms with Crippen molar-refractivity contribution in [1.29, 1.82) is 0 Å². The van der Waals surface area contributed by atoms with Crippen molar-refractivity contribution in [3.8, 4) is 5.75 Å². The summed E-state index contributed by atoms with van der Waals surface area (Å²) in [6.45, 7) is 2.89. The van der Waals surface area contributed by atoms with Crippen molar-refractivity contribution in [3.05, 3.63) is 28.3 Å². The normalized spacial score (nSPS) is 10.3. The summed E-state index contributed by atoms with van der Waals surface area (Å²) in [5.41, 5.74) is 2.35. The van der Waals surface area contributed by atoms with Gasteiger partial charge in [-0.3, -0.25) is 0 Å². The van der Waals surface area contributed by atoms with Gasteiger partial charge in [-0.25, -0.2) is 0 Å². The lowest BCUT2D eigenvalue weighted by Gasteiger charge is -2.11. The molecule has 2 nitrogen and oxygen atoms in total. The van der Waals surface area contributed by atoms with Gasteiger partial charge in [0, 0.05) is 12.1 Å². The van der Waals surface area contributed by atoms with E-state index in [0.717, 1.165) is 24.3 Å². The molecule has 0 atom stereocenters. The number of aryl methyl sites for hydroxylation is 1. The zero-order valence-electron chi connectivity index (χ0n) is 8.86. The number of hydrogen-bond donors (Lipinski definition) is 1. The van der Waals surface area contributed by atoms with Gasteiger partial charge in [-0.15, -0.1) is 0 Å². The van der Waals surface area contributed by atoms with Crippen LogP contribution in [0.25, 0.3) is 0 Å². The maximum absolute atomic E-state index is 6.10. The summed E-state index contributed by atoms with van der Waals surface area (Å²) in [6.07, 6.45) is 0.987. The second kappa shape index (κ2) is 5.23. The fourth-order valence-electron chi connectivity index (χ4n) is 1.47. The number of methoxy groups -OCH3 is 1. The predicted molar refractivity (Wildman–Crippen MR) is 60.1 cm³/mol. The van der Waals surface area contributed by atoms with Gasteiger partial charge in [0.2, 0.25) is 0 Å². The van der Waals surface area contributed by atoms with Gasteiger partial charge in [0.05, 0.1) is 12.1 Å². The fraction of sp³-hybridized carbons (Fsp3) is 0.455. The average Bonchev–Trinajstić information content (AvgIpc) is 2.18. The quantitative estimate of drug-likeness (QED) is 0.831. The molecule has 0 amide bonds. The summed E-state index contributed by atoms with van der Waals surface area (Å²) in [5.74, 6) is 0.776. The summed E-state index contributed by atoms with van der Waals surface area (Å²) in [4.78, 5) is 0. The van der Waals surface area contributed by atoms with Gasteiger partial charge in [0.15, 0.2) is 0 Å². The van der Waals surface area contributed by atoms with E-state index in [4.69, 9.17) is 16.3 Å². The molecule has 1 aromatic carbocycles. The van der Waals surface area contributed by atoms with Crippen LogP contribution in [0.4, 0.5) is 0 Å². The van der Waals surface area contributed by atoms with Gasteiger partial charge in [-0.1, -0.05) is 24.6 Å². The van der Waals surface area contributed by atoms with Gasteiger partial charge in [-0.05, 0) is 25.1 Å². The molecule has 0 unspecified atom stereocenters. The smallest absolute Gasteiger partial charge is 0.141 e. The molecular formula is C11H16ClNO. The minimum Gasteiger partial charge on any atom is -0.495 e. The van der Waals surface area contributed by atoms with Crippen molar-refractivity contribution in [1.82, 2.24) is 5.32 Å². The Kier molecular flexibility index (Phi) is 4.23. The highest BCUT2D eigenvalue weighted by molar-refractivity contribution is 6.32. The van der Waals surface area contributed by atoms with Gasteiger partial charge >= 0.3 is 0 Å². The highest BCUT2D eigenvalue weighted by atomic mass is 35.5. The summed E-state index contributed by atoms with van der Waals surface area (Å²) in [5, 5.41) is 3.79. The first-order chi connectivity index (χ1) is 6.72. The molecule has 0 aliphatic heterocycles. The maximum Gasteiger partial charge on any atom is 0.141 e. The second-order valence-corrected chi connectivity index (χ2v) is 3.56. The predicted octanol–water partition coefficient (Wildman–Crippen LogP) is 2.63. The monoisotopic (exact) mass is 213 g/mol. The molecule has 0 bridgehead atoms. The number of hydrogen-bond acceptors (Lipinski definition) is 2. The molecule has 0 saturated carbocycles. The van der Waals surface area contributed by atoms with E-state index in [1.165, 1.54) is 5.56 Å². The van der Waals surface area contributed by atoms with Crippen LogP contribution in [0.2, 0.25) is 5.02 Å². The number of rotatable bonds is 4. The molecule has 1 aromatic rings. The highest BCUT2D eigenvalue weighted by Gasteiger charge is 2.08. The molecule has 0 aromatic heterocycles. The number of benzene rings is 1. The molecule has 14 heavy (non-hydrogen) atoms. The van der Waals surface area contributed by atoms with Gasteiger partial charge in [0.1, 0.15) is 5.75 Å². The van der Waals surface area contributed by atoms with Crippen LogP contribution in [0.5, 0.6) is 5.75 Å². The van der Waals surface area contributed by atoms with Crippen LogP contribution in [0.15, 0.2) is 12.1 Å². The lowest BCUT2D eigenvalue weighted by molar-refractivity contribution is 0.408. The molecule has 3 heteroatoms. The van der Waals surface area contributed by atoms with Gasteiger partial charge in [-0.2, -0.15) is 0 Å². The van der Waals surface area contributed by atoms with E-state index in [0.29, 0.717) is 5.02 Å². The number of ether oxygens (including phenoxy) is 1. The molecule has 0 saturated heterocycles. The van der Waals surface area contributed by atoms with Crippen LogP contribution in [-0.2, 0) is 13.0 Å². The Morgan fingerprint density at radius 2 is 2.14 bits per heavy atom. The van der Waals surface area contributed by atoms with E-state index in [9.17, 15) is 0 Å². The Morgan fingerprint density at radius 1 is 1.43 bits per heavy atom. The van der Waals surface area contributed by atoms with Crippen LogP contribution in [0, 0.1) is 0 Å². The third kappa shape index (κ3) is 2.40. The minimum atomic E-state index is 0.692. The van der Waals surface area contributed by atoms with Crippen LogP contribution in [0.1, 0.15) is 18.1 Å². The molecule has 1 N–H and O–H groups in total. The molecule has 0 spiro atoms. The molecule has 0 radical (unpaired) electrons. The zero-order chi connectivity index (χ0) is 10.6. The molecule has 78 valence electrons. The maximum atomic E-state index is 6.10. The molecule has 0 fully saturated rings. The van der Waals surface area contributed by atoms with Crippen molar-refractivity contribution >= 4 is 11.6 Å². The minimum absolute atomic E-state index is 0.692. The second-order valence-electron chi connectivity index (χ2n) is 3.15. The highest BCUT2D eigenvalue weighted by Crippen LogP contribution is 2.30. The van der Waals surface area contributed by atoms with E-state index in [-0.39, 0.29) is 0 Å². The summed E-state index contributed by atoms with van der Waals surface area (Å²) >= 11 is 6.10. The summed E-state index contributed by atoms with van der Waals surface area (Å²) in [7, 11) is 3.55. The van der Waals surface area contributed by atoms with Gasteiger partial charge < -0.3 is 10.1 Å². The van der Waals surface area contributed by atoms with Crippen molar-refractivity contribution in [3.63, 3.8) is 0 Å². The summed E-state index contributed by atoms with van der Waals surface area (Å²) < 4.78 is 5.26. The zero-order valence-corrected chi connectivity index (χ0v) is 9.61. The van der Waals surface area contributed by atoms with Crippen LogP contribution in [0.3, 0.4) is 0 Å². The van der Waals surface area contributed by atoms with E-state index >= 15 is 0 Å². The first-order valence-corrected chi connectivity index (χ1v) is 5.10.